The first-order valence-electron chi connectivity index (χ1n) is 9.18. The zero-order chi connectivity index (χ0) is 18.5. The number of likely N-dealkylation sites (N-methyl/N-ethyl adjacent to an activating group) is 1. The Morgan fingerprint density at radius 1 is 1.23 bits per heavy atom. The summed E-state index contributed by atoms with van der Waals surface area (Å²) in [5.41, 5.74) is 1.08. The van der Waals surface area contributed by atoms with E-state index in [0.29, 0.717) is 13.1 Å². The lowest BCUT2D eigenvalue weighted by molar-refractivity contribution is -0.140. The van der Waals surface area contributed by atoms with Gasteiger partial charge in [0.25, 0.3) is 0 Å². The molecule has 3 rings (SSSR count). The van der Waals surface area contributed by atoms with Crippen LogP contribution in [0.1, 0.15) is 12.0 Å². The van der Waals surface area contributed by atoms with Crippen LogP contribution in [0, 0.1) is 0 Å². The third-order valence-electron chi connectivity index (χ3n) is 5.19. The van der Waals surface area contributed by atoms with Gasteiger partial charge >= 0.3 is 0 Å². The molecule has 0 aliphatic carbocycles. The van der Waals surface area contributed by atoms with Crippen LogP contribution in [-0.2, 0) is 16.1 Å². The molecule has 0 spiro atoms. The Morgan fingerprint density at radius 2 is 2.00 bits per heavy atom. The minimum Gasteiger partial charge on any atom is -0.497 e. The fourth-order valence-corrected chi connectivity index (χ4v) is 3.53. The van der Waals surface area contributed by atoms with Crippen molar-refractivity contribution in [1.29, 1.82) is 0 Å². The second-order valence-electron chi connectivity index (χ2n) is 7.02. The summed E-state index contributed by atoms with van der Waals surface area (Å²) in [5.74, 6) is 0.812. The first-order chi connectivity index (χ1) is 12.6. The lowest BCUT2D eigenvalue weighted by atomic mass is 10.1. The fraction of sp³-hybridized carbons (Fsp3) is 0.579. The molecule has 1 aromatic rings. The van der Waals surface area contributed by atoms with Gasteiger partial charge in [-0.05, 0) is 24.7 Å². The molecule has 0 bridgehead atoms. The molecule has 1 unspecified atom stereocenters. The van der Waals surface area contributed by atoms with Gasteiger partial charge in [0, 0.05) is 45.8 Å². The van der Waals surface area contributed by atoms with Crippen LogP contribution in [0.3, 0.4) is 0 Å². The maximum Gasteiger partial charge on any atom is 0.237 e. The van der Waals surface area contributed by atoms with Gasteiger partial charge in [-0.15, -0.1) is 0 Å². The van der Waals surface area contributed by atoms with Crippen molar-refractivity contribution in [2.24, 2.45) is 0 Å². The van der Waals surface area contributed by atoms with Gasteiger partial charge in [-0.1, -0.05) is 12.1 Å². The maximum absolute atomic E-state index is 12.7. The van der Waals surface area contributed by atoms with Crippen LogP contribution in [0.15, 0.2) is 24.3 Å². The van der Waals surface area contributed by atoms with Crippen LogP contribution < -0.4 is 10.1 Å². The third-order valence-corrected chi connectivity index (χ3v) is 5.19. The highest BCUT2D eigenvalue weighted by molar-refractivity contribution is 5.88. The molecular weight excluding hydrogens is 332 g/mol. The molecule has 1 aromatic carbocycles. The second kappa shape index (κ2) is 8.51. The number of benzene rings is 1. The largest absolute Gasteiger partial charge is 0.497 e. The molecule has 26 heavy (non-hydrogen) atoms. The Hall–Kier alpha value is -2.12. The van der Waals surface area contributed by atoms with Crippen LogP contribution in [0.5, 0.6) is 5.75 Å². The molecule has 0 saturated carbocycles. The predicted molar refractivity (Wildman–Crippen MR) is 98.9 cm³/mol. The monoisotopic (exact) mass is 360 g/mol. The molecular formula is C19H28N4O3. The van der Waals surface area contributed by atoms with E-state index in [1.54, 1.807) is 7.11 Å². The van der Waals surface area contributed by atoms with Gasteiger partial charge in [0.15, 0.2) is 0 Å². The molecule has 0 radical (unpaired) electrons. The maximum atomic E-state index is 12.7. The minimum absolute atomic E-state index is 0.0541. The first kappa shape index (κ1) is 18.7. The van der Waals surface area contributed by atoms with Gasteiger partial charge in [-0.25, -0.2) is 0 Å². The van der Waals surface area contributed by atoms with E-state index in [1.165, 1.54) is 0 Å². The van der Waals surface area contributed by atoms with E-state index in [2.05, 4.69) is 22.2 Å². The van der Waals surface area contributed by atoms with Gasteiger partial charge in [-0.3, -0.25) is 14.5 Å². The molecule has 2 aliphatic heterocycles. The van der Waals surface area contributed by atoms with Crippen LogP contribution in [-0.4, -0.2) is 86.0 Å². The van der Waals surface area contributed by atoms with Crippen molar-refractivity contribution in [2.45, 2.75) is 19.0 Å². The molecule has 2 amide bonds. The van der Waals surface area contributed by atoms with E-state index in [1.807, 2.05) is 29.2 Å². The minimum atomic E-state index is -0.415. The van der Waals surface area contributed by atoms with Crippen LogP contribution in [0.2, 0.25) is 0 Å². The van der Waals surface area contributed by atoms with Gasteiger partial charge in [0.05, 0.1) is 19.6 Å². The predicted octanol–water partition coefficient (Wildman–Crippen LogP) is 0.160. The fourth-order valence-electron chi connectivity index (χ4n) is 3.53. The zero-order valence-corrected chi connectivity index (χ0v) is 15.6. The lowest BCUT2D eigenvalue weighted by Gasteiger charge is -2.37. The van der Waals surface area contributed by atoms with E-state index >= 15 is 0 Å². The van der Waals surface area contributed by atoms with Gasteiger partial charge < -0.3 is 19.9 Å². The third kappa shape index (κ3) is 4.53. The van der Waals surface area contributed by atoms with E-state index < -0.39 is 6.04 Å². The smallest absolute Gasteiger partial charge is 0.237 e. The zero-order valence-electron chi connectivity index (χ0n) is 15.6. The van der Waals surface area contributed by atoms with Crippen molar-refractivity contribution < 1.29 is 14.3 Å². The van der Waals surface area contributed by atoms with E-state index in [0.717, 1.165) is 44.0 Å². The summed E-state index contributed by atoms with van der Waals surface area (Å²) in [6.07, 6.45) is 0.236. The second-order valence-corrected chi connectivity index (χ2v) is 7.02. The van der Waals surface area contributed by atoms with E-state index in [4.69, 9.17) is 4.74 Å². The van der Waals surface area contributed by atoms with Crippen LogP contribution >= 0.6 is 0 Å². The van der Waals surface area contributed by atoms with E-state index in [9.17, 15) is 9.59 Å². The Balaban J connectivity index is 1.66. The molecule has 1 N–H and O–H groups in total. The normalized spacial score (nSPS) is 22.2. The Morgan fingerprint density at radius 3 is 2.73 bits per heavy atom. The van der Waals surface area contributed by atoms with Crippen molar-refractivity contribution in [3.05, 3.63) is 29.8 Å². The molecule has 2 heterocycles. The number of hydrogen-bond acceptors (Lipinski definition) is 5. The van der Waals surface area contributed by atoms with Crippen LogP contribution in [0.25, 0.3) is 0 Å². The molecule has 0 aromatic heterocycles. The number of hydrogen-bond donors (Lipinski definition) is 1. The van der Waals surface area contributed by atoms with Crippen molar-refractivity contribution in [3.63, 3.8) is 0 Å². The number of nitrogens with one attached hydrogen (secondary N) is 1. The molecule has 1 atom stereocenters. The summed E-state index contributed by atoms with van der Waals surface area (Å²) in [6.45, 7) is 5.22. The summed E-state index contributed by atoms with van der Waals surface area (Å²) < 4.78 is 5.28. The topological polar surface area (TPSA) is 65.1 Å². The van der Waals surface area contributed by atoms with Gasteiger partial charge in [0.1, 0.15) is 5.75 Å². The number of methoxy groups -OCH3 is 1. The highest BCUT2D eigenvalue weighted by Crippen LogP contribution is 2.18. The van der Waals surface area contributed by atoms with Crippen molar-refractivity contribution in [2.75, 3.05) is 53.4 Å². The summed E-state index contributed by atoms with van der Waals surface area (Å²) in [7, 11) is 3.71. The van der Waals surface area contributed by atoms with Crippen molar-refractivity contribution in [3.8, 4) is 5.75 Å². The lowest BCUT2D eigenvalue weighted by Crippen LogP contribution is -2.57. The average molecular weight is 360 g/mol. The Bertz CT molecular complexity index is 643. The first-order valence-corrected chi connectivity index (χ1v) is 9.18. The average Bonchev–Trinajstić information content (AvgIpc) is 2.65. The number of ether oxygens (including phenoxy) is 1. The number of rotatable bonds is 5. The summed E-state index contributed by atoms with van der Waals surface area (Å²) in [6, 6.07) is 7.44. The Labute approximate surface area is 154 Å². The molecule has 2 saturated heterocycles. The SMILES string of the molecule is COc1cccc(CN2CCNC(=O)C2CC(=O)N2CCN(C)CC2)c1. The van der Waals surface area contributed by atoms with Crippen LogP contribution in [0.4, 0.5) is 0 Å². The number of nitrogens with zero attached hydrogens (tertiary/aromatic N) is 3. The quantitative estimate of drug-likeness (QED) is 0.810. The number of carbonyl (C=O) groups excluding carboxylic acids is 2. The summed E-state index contributed by atoms with van der Waals surface area (Å²) in [5, 5.41) is 2.90. The van der Waals surface area contributed by atoms with Gasteiger partial charge in [0.2, 0.25) is 11.8 Å². The number of piperazine rings is 2. The highest BCUT2D eigenvalue weighted by atomic mass is 16.5. The standard InChI is InChI=1S/C19H28N4O3/c1-21-8-10-22(11-9-21)18(24)13-17-19(25)20-6-7-23(17)14-15-4-3-5-16(12-15)26-2/h3-5,12,17H,6-11,13-14H2,1-2H3,(H,20,25). The highest BCUT2D eigenvalue weighted by Gasteiger charge is 2.33. The number of carbonyl (C=O) groups is 2. The molecule has 7 heteroatoms. The summed E-state index contributed by atoms with van der Waals surface area (Å²) >= 11 is 0. The molecule has 2 aliphatic rings. The van der Waals surface area contributed by atoms with Gasteiger partial charge in [-0.2, -0.15) is 0 Å². The molecule has 2 fully saturated rings. The number of amides is 2. The Kier molecular flexibility index (Phi) is 6.11. The van der Waals surface area contributed by atoms with E-state index in [-0.39, 0.29) is 18.2 Å². The summed E-state index contributed by atoms with van der Waals surface area (Å²) in [4.78, 5) is 31.3. The van der Waals surface area contributed by atoms with Crippen molar-refractivity contribution >= 4 is 11.8 Å². The molecule has 142 valence electrons. The van der Waals surface area contributed by atoms with Crippen molar-refractivity contribution in [1.82, 2.24) is 20.0 Å². The molecule has 7 nitrogen and oxygen atoms in total.